The molecule has 0 saturated carbocycles. The Kier molecular flexibility index (Phi) is 1.18. The van der Waals surface area contributed by atoms with Gasteiger partial charge in [0, 0.05) is 0 Å². The minimum atomic E-state index is 0.431. The fourth-order valence-corrected chi connectivity index (χ4v) is 0.782. The van der Waals surface area contributed by atoms with E-state index in [1.165, 1.54) is 5.46 Å². The van der Waals surface area contributed by atoms with E-state index in [1.54, 1.807) is 0 Å². The van der Waals surface area contributed by atoms with Gasteiger partial charge in [-0.2, -0.15) is 0 Å². The Morgan fingerprint density at radius 2 is 2.57 bits per heavy atom. The number of hydrogen-bond donors (Lipinski definition) is 0. The molecular weight excluding hydrogens is 86.9 g/mol. The summed E-state index contributed by atoms with van der Waals surface area (Å²) < 4.78 is 5.10. The van der Waals surface area contributed by atoms with Crippen LogP contribution in [0, 0.1) is 0 Å². The summed E-state index contributed by atoms with van der Waals surface area (Å²) in [6, 6.07) is 0. The Morgan fingerprint density at radius 1 is 1.86 bits per heavy atom. The summed E-state index contributed by atoms with van der Waals surface area (Å²) in [6.45, 7) is 4.16. The van der Waals surface area contributed by atoms with Gasteiger partial charge in [-0.25, -0.2) is 0 Å². The van der Waals surface area contributed by atoms with Crippen molar-refractivity contribution in [3.05, 3.63) is 0 Å². The third-order valence-electron chi connectivity index (χ3n) is 1.11. The fourth-order valence-electron chi connectivity index (χ4n) is 0.782. The van der Waals surface area contributed by atoms with E-state index < -0.39 is 0 Å². The SMILES string of the molecule is CC1=BOC(C)C1. The molecule has 0 aliphatic carbocycles. The van der Waals surface area contributed by atoms with Crippen molar-refractivity contribution in [2.75, 3.05) is 0 Å². The van der Waals surface area contributed by atoms with Crippen molar-refractivity contribution in [2.45, 2.75) is 26.4 Å². The normalized spacial score (nSPS) is 28.3. The topological polar surface area (TPSA) is 9.23 Å². The predicted molar refractivity (Wildman–Crippen MR) is 31.6 cm³/mol. The molecular formula is C5H9BO. The molecule has 0 aromatic heterocycles. The maximum atomic E-state index is 5.10. The van der Waals surface area contributed by atoms with Gasteiger partial charge in [0.25, 0.3) is 0 Å². The van der Waals surface area contributed by atoms with Crippen molar-refractivity contribution in [3.63, 3.8) is 0 Å². The minimum absolute atomic E-state index is 0.431. The van der Waals surface area contributed by atoms with Gasteiger partial charge in [-0.15, -0.1) is 0 Å². The first-order valence-corrected chi connectivity index (χ1v) is 2.60. The van der Waals surface area contributed by atoms with Gasteiger partial charge in [0.2, 0.25) is 0 Å². The summed E-state index contributed by atoms with van der Waals surface area (Å²) in [5, 5.41) is 0. The van der Waals surface area contributed by atoms with Crippen LogP contribution in [-0.4, -0.2) is 18.7 Å². The Hall–Kier alpha value is -0.265. The molecule has 0 N–H and O–H groups in total. The van der Waals surface area contributed by atoms with Crippen LogP contribution in [-0.2, 0) is 4.65 Å². The van der Waals surface area contributed by atoms with Crippen LogP contribution in [0.15, 0.2) is 0 Å². The van der Waals surface area contributed by atoms with E-state index in [-0.39, 0.29) is 0 Å². The van der Waals surface area contributed by atoms with Crippen molar-refractivity contribution >= 4 is 12.6 Å². The average Bonchev–Trinajstić information content (AvgIpc) is 1.87. The van der Waals surface area contributed by atoms with Gasteiger partial charge in [-0.1, -0.05) is 0 Å². The van der Waals surface area contributed by atoms with E-state index in [4.69, 9.17) is 4.65 Å². The van der Waals surface area contributed by atoms with E-state index in [9.17, 15) is 0 Å². The second-order valence-corrected chi connectivity index (χ2v) is 2.12. The van der Waals surface area contributed by atoms with Crippen molar-refractivity contribution in [1.29, 1.82) is 0 Å². The summed E-state index contributed by atoms with van der Waals surface area (Å²) in [6.07, 6.45) is 1.54. The van der Waals surface area contributed by atoms with Crippen LogP contribution in [0.25, 0.3) is 0 Å². The van der Waals surface area contributed by atoms with Crippen LogP contribution < -0.4 is 0 Å². The van der Waals surface area contributed by atoms with Crippen LogP contribution in [0.4, 0.5) is 0 Å². The molecule has 0 saturated heterocycles. The molecule has 1 rings (SSSR count). The first-order valence-electron chi connectivity index (χ1n) is 2.60. The van der Waals surface area contributed by atoms with Crippen molar-refractivity contribution < 1.29 is 4.65 Å². The Labute approximate surface area is 44.6 Å². The molecule has 2 heteroatoms. The maximum absolute atomic E-state index is 5.10. The van der Waals surface area contributed by atoms with E-state index in [0.29, 0.717) is 6.10 Å². The van der Waals surface area contributed by atoms with Crippen LogP contribution >= 0.6 is 0 Å². The summed E-state index contributed by atoms with van der Waals surface area (Å²) in [5.41, 5.74) is 1.35. The zero-order valence-electron chi connectivity index (χ0n) is 4.77. The molecule has 1 aliphatic heterocycles. The summed E-state index contributed by atoms with van der Waals surface area (Å²) in [5.74, 6) is 0. The zero-order chi connectivity index (χ0) is 5.28. The predicted octanol–water partition coefficient (Wildman–Crippen LogP) is 0.607. The summed E-state index contributed by atoms with van der Waals surface area (Å²) >= 11 is 0. The molecule has 0 aromatic rings. The van der Waals surface area contributed by atoms with Gasteiger partial charge in [0.1, 0.15) is 0 Å². The molecule has 38 valence electrons. The first-order chi connectivity index (χ1) is 3.29. The third-order valence-corrected chi connectivity index (χ3v) is 1.11. The van der Waals surface area contributed by atoms with Crippen molar-refractivity contribution in [2.24, 2.45) is 0 Å². The Morgan fingerprint density at radius 3 is 2.71 bits per heavy atom. The van der Waals surface area contributed by atoms with E-state index >= 15 is 0 Å². The molecule has 1 nitrogen and oxygen atoms in total. The Balaban J connectivity index is 2.42. The molecule has 0 radical (unpaired) electrons. The van der Waals surface area contributed by atoms with E-state index in [1.807, 2.05) is 7.12 Å². The zero-order valence-corrected chi connectivity index (χ0v) is 4.77. The van der Waals surface area contributed by atoms with Gasteiger partial charge in [-0.3, -0.25) is 0 Å². The van der Waals surface area contributed by atoms with Crippen LogP contribution in [0.5, 0.6) is 0 Å². The molecule has 1 atom stereocenters. The molecule has 0 amide bonds. The molecule has 1 unspecified atom stereocenters. The van der Waals surface area contributed by atoms with Gasteiger partial charge >= 0.3 is 43.6 Å². The van der Waals surface area contributed by atoms with Crippen LogP contribution in [0.2, 0.25) is 0 Å². The molecule has 0 spiro atoms. The number of rotatable bonds is 0. The molecule has 0 bridgehead atoms. The fraction of sp³-hybridized carbons (Fsp3) is 0.800. The second-order valence-electron chi connectivity index (χ2n) is 2.12. The van der Waals surface area contributed by atoms with Gasteiger partial charge in [-0.05, 0) is 0 Å². The molecule has 7 heavy (non-hydrogen) atoms. The third kappa shape index (κ3) is 1.05. The molecule has 0 aromatic carbocycles. The second kappa shape index (κ2) is 1.69. The molecule has 1 heterocycles. The summed E-state index contributed by atoms with van der Waals surface area (Å²) in [7, 11) is 1.84. The van der Waals surface area contributed by atoms with Crippen molar-refractivity contribution in [1.82, 2.24) is 0 Å². The van der Waals surface area contributed by atoms with Crippen LogP contribution in [0.3, 0.4) is 0 Å². The quantitative estimate of drug-likeness (QED) is 0.401. The van der Waals surface area contributed by atoms with Gasteiger partial charge < -0.3 is 0 Å². The Bertz CT molecular complexity index is 98.3. The first kappa shape index (κ1) is 4.88. The van der Waals surface area contributed by atoms with Gasteiger partial charge in [0.05, 0.1) is 0 Å². The molecule has 0 fully saturated rings. The van der Waals surface area contributed by atoms with E-state index in [0.717, 1.165) is 6.42 Å². The number of hydrogen-bond acceptors (Lipinski definition) is 1. The summed E-state index contributed by atoms with van der Waals surface area (Å²) in [4.78, 5) is 0. The van der Waals surface area contributed by atoms with E-state index in [2.05, 4.69) is 13.8 Å². The van der Waals surface area contributed by atoms with Crippen molar-refractivity contribution in [3.8, 4) is 0 Å². The van der Waals surface area contributed by atoms with Gasteiger partial charge in [0.15, 0.2) is 0 Å². The average molecular weight is 95.9 g/mol. The monoisotopic (exact) mass is 96.1 g/mol. The van der Waals surface area contributed by atoms with Crippen LogP contribution in [0.1, 0.15) is 20.3 Å². The standard InChI is InChI=1S/C5H9BO/c1-4-3-5(2)7-6-4/h5H,3H2,1-2H3. The molecule has 1 aliphatic rings.